The van der Waals surface area contributed by atoms with Gasteiger partial charge in [-0.3, -0.25) is 9.59 Å². The highest BCUT2D eigenvalue weighted by molar-refractivity contribution is 6.31. The molecule has 34 heavy (non-hydrogen) atoms. The minimum Gasteiger partial charge on any atom is -0.354 e. The second-order valence-corrected chi connectivity index (χ2v) is 9.54. The molecule has 0 aliphatic heterocycles. The first kappa shape index (κ1) is 25.8. The summed E-state index contributed by atoms with van der Waals surface area (Å²) >= 11 is 12.8. The number of nitrogens with one attached hydrogen (secondary N) is 1. The van der Waals surface area contributed by atoms with Crippen molar-refractivity contribution < 1.29 is 9.59 Å². The van der Waals surface area contributed by atoms with Crippen molar-refractivity contribution in [1.82, 2.24) is 10.2 Å². The fraction of sp³-hybridized carbons (Fsp3) is 0.286. The number of rotatable bonds is 10. The number of amides is 2. The molecule has 0 radical (unpaired) electrons. The third-order valence-corrected chi connectivity index (χ3v) is 6.29. The van der Waals surface area contributed by atoms with Crippen LogP contribution in [0.3, 0.4) is 0 Å². The van der Waals surface area contributed by atoms with E-state index in [2.05, 4.69) is 5.32 Å². The Labute approximate surface area is 211 Å². The summed E-state index contributed by atoms with van der Waals surface area (Å²) in [5, 5.41) is 4.10. The van der Waals surface area contributed by atoms with E-state index in [4.69, 9.17) is 23.2 Å². The van der Waals surface area contributed by atoms with Gasteiger partial charge < -0.3 is 10.2 Å². The normalized spacial score (nSPS) is 11.8. The number of hydrogen-bond acceptors (Lipinski definition) is 2. The summed E-state index contributed by atoms with van der Waals surface area (Å²) in [7, 11) is 0. The first-order chi connectivity index (χ1) is 16.3. The Morgan fingerprint density at radius 2 is 1.38 bits per heavy atom. The number of hydrogen-bond donors (Lipinski definition) is 1. The number of benzene rings is 3. The van der Waals surface area contributed by atoms with Crippen molar-refractivity contribution in [3.8, 4) is 0 Å². The van der Waals surface area contributed by atoms with Crippen molar-refractivity contribution in [2.45, 2.75) is 39.3 Å². The zero-order valence-corrected chi connectivity index (χ0v) is 21.0. The molecule has 0 aliphatic carbocycles. The first-order valence-electron chi connectivity index (χ1n) is 11.4. The van der Waals surface area contributed by atoms with Crippen molar-refractivity contribution in [1.29, 1.82) is 0 Å². The smallest absolute Gasteiger partial charge is 0.243 e. The Bertz CT molecular complexity index is 1100. The number of carbonyl (C=O) groups excluding carboxylic acids is 2. The second kappa shape index (κ2) is 12.6. The number of carbonyl (C=O) groups is 2. The zero-order valence-electron chi connectivity index (χ0n) is 19.5. The van der Waals surface area contributed by atoms with Gasteiger partial charge in [-0.15, -0.1) is 0 Å². The summed E-state index contributed by atoms with van der Waals surface area (Å²) in [6, 6.07) is 23.7. The van der Waals surface area contributed by atoms with Gasteiger partial charge >= 0.3 is 0 Å². The Kier molecular flexibility index (Phi) is 9.55. The highest BCUT2D eigenvalue weighted by atomic mass is 35.5. The van der Waals surface area contributed by atoms with Crippen LogP contribution in [0.2, 0.25) is 10.0 Å². The van der Waals surface area contributed by atoms with Gasteiger partial charge in [0.2, 0.25) is 11.8 Å². The predicted octanol–water partition coefficient (Wildman–Crippen LogP) is 5.95. The Morgan fingerprint density at radius 3 is 1.97 bits per heavy atom. The maximum Gasteiger partial charge on any atom is 0.243 e. The molecule has 1 atom stereocenters. The predicted molar refractivity (Wildman–Crippen MR) is 139 cm³/mol. The van der Waals surface area contributed by atoms with Crippen LogP contribution in [-0.4, -0.2) is 29.3 Å². The largest absolute Gasteiger partial charge is 0.354 e. The van der Waals surface area contributed by atoms with Crippen LogP contribution in [0.1, 0.15) is 30.5 Å². The molecule has 0 aliphatic rings. The fourth-order valence-corrected chi connectivity index (χ4v) is 4.09. The lowest BCUT2D eigenvalue weighted by Gasteiger charge is -2.32. The van der Waals surface area contributed by atoms with Gasteiger partial charge in [0.25, 0.3) is 0 Å². The molecular weight excluding hydrogens is 467 g/mol. The van der Waals surface area contributed by atoms with Gasteiger partial charge in [-0.1, -0.05) is 104 Å². The third kappa shape index (κ3) is 7.34. The molecule has 3 aromatic rings. The van der Waals surface area contributed by atoms with E-state index in [1.165, 1.54) is 0 Å². The van der Waals surface area contributed by atoms with Crippen LogP contribution in [0.15, 0.2) is 78.9 Å². The average molecular weight is 497 g/mol. The van der Waals surface area contributed by atoms with Crippen molar-refractivity contribution in [2.75, 3.05) is 6.54 Å². The SMILES string of the molecule is CC(C)CNC(=O)[C@@H](Cc1ccccc1)N(Cc1ccccc1Cl)C(=O)Cc1ccccc1Cl. The minimum atomic E-state index is -0.701. The van der Waals surface area contributed by atoms with Gasteiger partial charge in [-0.25, -0.2) is 0 Å². The molecule has 3 rings (SSSR count). The molecule has 0 aromatic heterocycles. The lowest BCUT2D eigenvalue weighted by atomic mass is 10.0. The van der Waals surface area contributed by atoms with Gasteiger partial charge in [-0.05, 0) is 34.7 Å². The maximum absolute atomic E-state index is 13.7. The Hall–Kier alpha value is -2.82. The molecule has 0 spiro atoms. The molecule has 0 unspecified atom stereocenters. The molecule has 0 fully saturated rings. The standard InChI is InChI=1S/C28H30Cl2N2O2/c1-20(2)18-31-28(34)26(16-21-10-4-3-5-11-21)32(19-23-13-7-9-15-25(23)30)27(33)17-22-12-6-8-14-24(22)29/h3-15,20,26H,16-19H2,1-2H3,(H,31,34)/t26-/m1/s1. The van der Waals surface area contributed by atoms with Gasteiger partial charge in [0.1, 0.15) is 6.04 Å². The molecule has 178 valence electrons. The molecule has 0 saturated heterocycles. The molecule has 2 amide bonds. The van der Waals surface area contributed by atoms with E-state index in [9.17, 15) is 9.59 Å². The molecular formula is C28H30Cl2N2O2. The molecule has 1 N–H and O–H groups in total. The first-order valence-corrected chi connectivity index (χ1v) is 12.2. The second-order valence-electron chi connectivity index (χ2n) is 8.73. The van der Waals surface area contributed by atoms with Crippen LogP contribution < -0.4 is 5.32 Å². The topological polar surface area (TPSA) is 49.4 Å². The van der Waals surface area contributed by atoms with Gasteiger partial charge in [0.05, 0.1) is 6.42 Å². The Balaban J connectivity index is 1.98. The van der Waals surface area contributed by atoms with Gasteiger partial charge in [0, 0.05) is 29.6 Å². The summed E-state index contributed by atoms with van der Waals surface area (Å²) in [6.07, 6.45) is 0.482. The molecule has 0 saturated carbocycles. The van der Waals surface area contributed by atoms with E-state index in [1.54, 1.807) is 17.0 Å². The van der Waals surface area contributed by atoms with Crippen LogP contribution in [0.5, 0.6) is 0 Å². The van der Waals surface area contributed by atoms with Gasteiger partial charge in [0.15, 0.2) is 0 Å². The van der Waals surface area contributed by atoms with Crippen molar-refractivity contribution >= 4 is 35.0 Å². The molecule has 0 heterocycles. The van der Waals surface area contributed by atoms with E-state index >= 15 is 0 Å². The van der Waals surface area contributed by atoms with Crippen molar-refractivity contribution in [3.63, 3.8) is 0 Å². The lowest BCUT2D eigenvalue weighted by molar-refractivity contribution is -0.140. The minimum absolute atomic E-state index is 0.0902. The van der Waals surface area contributed by atoms with E-state index in [-0.39, 0.29) is 30.7 Å². The zero-order chi connectivity index (χ0) is 24.5. The monoisotopic (exact) mass is 496 g/mol. The number of halogens is 2. The molecule has 4 nitrogen and oxygen atoms in total. The van der Waals surface area contributed by atoms with E-state index in [0.717, 1.165) is 16.7 Å². The highest BCUT2D eigenvalue weighted by Gasteiger charge is 2.31. The van der Waals surface area contributed by atoms with E-state index in [1.807, 2.05) is 80.6 Å². The lowest BCUT2D eigenvalue weighted by Crippen LogP contribution is -2.51. The summed E-state index contributed by atoms with van der Waals surface area (Å²) < 4.78 is 0. The average Bonchev–Trinajstić information content (AvgIpc) is 2.83. The summed E-state index contributed by atoms with van der Waals surface area (Å²) in [6.45, 7) is 4.82. The quantitative estimate of drug-likeness (QED) is 0.377. The maximum atomic E-state index is 13.7. The summed E-state index contributed by atoms with van der Waals surface area (Å²) in [5.74, 6) is -0.0806. The highest BCUT2D eigenvalue weighted by Crippen LogP contribution is 2.23. The van der Waals surface area contributed by atoms with E-state index < -0.39 is 6.04 Å². The van der Waals surface area contributed by atoms with Gasteiger partial charge in [-0.2, -0.15) is 0 Å². The van der Waals surface area contributed by atoms with Crippen LogP contribution in [0.25, 0.3) is 0 Å². The van der Waals surface area contributed by atoms with Crippen LogP contribution in [0, 0.1) is 5.92 Å². The van der Waals surface area contributed by atoms with Crippen molar-refractivity contribution in [3.05, 3.63) is 106 Å². The summed E-state index contributed by atoms with van der Waals surface area (Å²) in [5.41, 5.74) is 2.48. The molecule has 0 bridgehead atoms. The summed E-state index contributed by atoms with van der Waals surface area (Å²) in [4.78, 5) is 28.8. The van der Waals surface area contributed by atoms with Crippen LogP contribution in [0.4, 0.5) is 0 Å². The molecule has 3 aromatic carbocycles. The molecule has 6 heteroatoms. The Morgan fingerprint density at radius 1 is 0.824 bits per heavy atom. The van der Waals surface area contributed by atoms with Crippen LogP contribution in [-0.2, 0) is 29.0 Å². The van der Waals surface area contributed by atoms with Crippen LogP contribution >= 0.6 is 23.2 Å². The fourth-order valence-electron chi connectivity index (χ4n) is 3.69. The van der Waals surface area contributed by atoms with Crippen molar-refractivity contribution in [2.24, 2.45) is 5.92 Å². The third-order valence-electron chi connectivity index (χ3n) is 5.55. The number of nitrogens with zero attached hydrogens (tertiary/aromatic N) is 1. The van der Waals surface area contributed by atoms with E-state index in [0.29, 0.717) is 23.0 Å².